The average Bonchev–Trinajstić information content (AvgIpc) is 3.01. The van der Waals surface area contributed by atoms with E-state index in [1.165, 1.54) is 0 Å². The van der Waals surface area contributed by atoms with Crippen LogP contribution in [0.1, 0.15) is 13.3 Å². The summed E-state index contributed by atoms with van der Waals surface area (Å²) in [6, 6.07) is 3.78. The molecule has 1 aliphatic rings. The van der Waals surface area contributed by atoms with Gasteiger partial charge in [-0.3, -0.25) is 0 Å². The molecule has 2 heterocycles. The molecule has 0 spiro atoms. The van der Waals surface area contributed by atoms with E-state index >= 15 is 0 Å². The normalized spacial score (nSPS) is 18.6. The van der Waals surface area contributed by atoms with Crippen molar-refractivity contribution in [3.05, 3.63) is 18.3 Å². The van der Waals surface area contributed by atoms with Crippen molar-refractivity contribution < 1.29 is 9.53 Å². The Morgan fingerprint density at radius 2 is 2.39 bits per heavy atom. The van der Waals surface area contributed by atoms with Crippen molar-refractivity contribution >= 4 is 23.6 Å². The fourth-order valence-corrected chi connectivity index (χ4v) is 2.67. The number of ether oxygens (including phenoxy) is 1. The number of nitrogens with zero attached hydrogens (tertiary/aromatic N) is 3. The monoisotopic (exact) mass is 338 g/mol. The fourth-order valence-electron chi connectivity index (χ4n) is 2.42. The second-order valence-electron chi connectivity index (χ2n) is 5.93. The van der Waals surface area contributed by atoms with Crippen molar-refractivity contribution in [2.24, 2.45) is 0 Å². The standard InChI is InChI=1S/C16H26N4O2S/c1-12(23-4)10-18-16(21)20-9-7-13(11-20)22-14-6-5-8-17-15(14)19(2)3/h5-6,8,12-13H,7,9-11H2,1-4H3,(H,18,21)/t12-,13+/m0/s1. The summed E-state index contributed by atoms with van der Waals surface area (Å²) in [5.41, 5.74) is 0. The minimum absolute atomic E-state index is 0.00369. The molecule has 7 heteroatoms. The van der Waals surface area contributed by atoms with E-state index < -0.39 is 0 Å². The third-order valence-corrected chi connectivity index (χ3v) is 4.81. The van der Waals surface area contributed by atoms with Gasteiger partial charge in [-0.05, 0) is 18.4 Å². The van der Waals surface area contributed by atoms with E-state index in [0.29, 0.717) is 18.3 Å². The van der Waals surface area contributed by atoms with Crippen LogP contribution in [0.3, 0.4) is 0 Å². The van der Waals surface area contributed by atoms with Crippen LogP contribution in [-0.2, 0) is 0 Å². The van der Waals surface area contributed by atoms with Crippen LogP contribution in [0.15, 0.2) is 18.3 Å². The van der Waals surface area contributed by atoms with Gasteiger partial charge in [0, 0.05) is 45.1 Å². The van der Waals surface area contributed by atoms with Gasteiger partial charge in [-0.2, -0.15) is 11.8 Å². The number of aromatic nitrogens is 1. The highest BCUT2D eigenvalue weighted by atomic mass is 32.2. The van der Waals surface area contributed by atoms with Gasteiger partial charge in [0.25, 0.3) is 0 Å². The third kappa shape index (κ3) is 4.92. The molecule has 0 aromatic carbocycles. The van der Waals surface area contributed by atoms with Gasteiger partial charge in [-0.1, -0.05) is 6.92 Å². The van der Waals surface area contributed by atoms with E-state index in [9.17, 15) is 4.79 Å². The Hall–Kier alpha value is -1.63. The Morgan fingerprint density at radius 1 is 1.61 bits per heavy atom. The summed E-state index contributed by atoms with van der Waals surface area (Å²) in [5.74, 6) is 1.57. The summed E-state index contributed by atoms with van der Waals surface area (Å²) < 4.78 is 6.06. The lowest BCUT2D eigenvalue weighted by molar-refractivity contribution is 0.187. The molecule has 2 amide bonds. The van der Waals surface area contributed by atoms with Crippen LogP contribution in [0.4, 0.5) is 10.6 Å². The second kappa shape index (κ2) is 8.29. The number of anilines is 1. The second-order valence-corrected chi connectivity index (χ2v) is 7.20. The molecular formula is C16H26N4O2S. The quantitative estimate of drug-likeness (QED) is 0.860. The smallest absolute Gasteiger partial charge is 0.317 e. The highest BCUT2D eigenvalue weighted by molar-refractivity contribution is 7.99. The SMILES string of the molecule is CS[C@@H](C)CNC(=O)N1CC[C@@H](Oc2cccnc2N(C)C)C1. The lowest BCUT2D eigenvalue weighted by Crippen LogP contribution is -2.41. The molecule has 0 aliphatic carbocycles. The number of hydrogen-bond donors (Lipinski definition) is 1. The topological polar surface area (TPSA) is 57.7 Å². The van der Waals surface area contributed by atoms with Gasteiger partial charge in [0.1, 0.15) is 6.10 Å². The number of carbonyl (C=O) groups is 1. The number of hydrogen-bond acceptors (Lipinski definition) is 5. The number of nitrogens with one attached hydrogen (secondary N) is 1. The lowest BCUT2D eigenvalue weighted by Gasteiger charge is -2.21. The molecular weight excluding hydrogens is 312 g/mol. The van der Waals surface area contributed by atoms with Gasteiger partial charge in [0.2, 0.25) is 0 Å². The van der Waals surface area contributed by atoms with Crippen molar-refractivity contribution in [2.45, 2.75) is 24.7 Å². The first-order valence-corrected chi connectivity index (χ1v) is 9.14. The minimum atomic E-state index is -0.00369. The first-order chi connectivity index (χ1) is 11.0. The summed E-state index contributed by atoms with van der Waals surface area (Å²) in [6.45, 7) is 4.13. The van der Waals surface area contributed by atoms with Crippen LogP contribution in [0, 0.1) is 0 Å². The molecule has 128 valence electrons. The van der Waals surface area contributed by atoms with E-state index in [1.54, 1.807) is 18.0 Å². The van der Waals surface area contributed by atoms with E-state index in [1.807, 2.05) is 42.3 Å². The highest BCUT2D eigenvalue weighted by Crippen LogP contribution is 2.26. The summed E-state index contributed by atoms with van der Waals surface area (Å²) >= 11 is 1.75. The molecule has 0 bridgehead atoms. The van der Waals surface area contributed by atoms with Crippen LogP contribution < -0.4 is 15.0 Å². The maximum atomic E-state index is 12.2. The molecule has 2 atom stereocenters. The van der Waals surface area contributed by atoms with Crippen LogP contribution >= 0.6 is 11.8 Å². The van der Waals surface area contributed by atoms with Gasteiger partial charge in [0.15, 0.2) is 11.6 Å². The van der Waals surface area contributed by atoms with Gasteiger partial charge in [-0.15, -0.1) is 0 Å². The minimum Gasteiger partial charge on any atom is -0.485 e. The molecule has 2 rings (SSSR count). The number of carbonyl (C=O) groups excluding carboxylic acids is 1. The molecule has 0 saturated carbocycles. The van der Waals surface area contributed by atoms with Gasteiger partial charge >= 0.3 is 6.03 Å². The maximum Gasteiger partial charge on any atom is 0.317 e. The summed E-state index contributed by atoms with van der Waals surface area (Å²) in [7, 11) is 3.88. The maximum absolute atomic E-state index is 12.2. The first kappa shape index (κ1) is 17.7. The average molecular weight is 338 g/mol. The zero-order chi connectivity index (χ0) is 16.8. The number of urea groups is 1. The Kier molecular flexibility index (Phi) is 6.38. The number of amides is 2. The fraction of sp³-hybridized carbons (Fsp3) is 0.625. The van der Waals surface area contributed by atoms with Crippen molar-refractivity contribution in [3.63, 3.8) is 0 Å². The van der Waals surface area contributed by atoms with Crippen LogP contribution in [-0.4, -0.2) is 67.3 Å². The molecule has 1 aliphatic heterocycles. The summed E-state index contributed by atoms with van der Waals surface area (Å²) in [4.78, 5) is 20.3. The molecule has 1 aromatic heterocycles. The van der Waals surface area contributed by atoms with Crippen LogP contribution in [0.2, 0.25) is 0 Å². The van der Waals surface area contributed by atoms with Gasteiger partial charge in [-0.25, -0.2) is 9.78 Å². The highest BCUT2D eigenvalue weighted by Gasteiger charge is 2.28. The van der Waals surface area contributed by atoms with Gasteiger partial charge < -0.3 is 19.9 Å². The third-order valence-electron chi connectivity index (χ3n) is 3.84. The van der Waals surface area contributed by atoms with E-state index in [-0.39, 0.29) is 12.1 Å². The zero-order valence-electron chi connectivity index (χ0n) is 14.3. The molecule has 23 heavy (non-hydrogen) atoms. The number of thioether (sulfide) groups is 1. The predicted molar refractivity (Wildman–Crippen MR) is 95.5 cm³/mol. The first-order valence-electron chi connectivity index (χ1n) is 7.85. The lowest BCUT2D eigenvalue weighted by atomic mass is 10.3. The Morgan fingerprint density at radius 3 is 3.09 bits per heavy atom. The molecule has 1 N–H and O–H groups in total. The summed E-state index contributed by atoms with van der Waals surface area (Å²) in [5, 5.41) is 3.40. The molecule has 1 aromatic rings. The Labute approximate surface area is 142 Å². The van der Waals surface area contributed by atoms with E-state index in [4.69, 9.17) is 4.74 Å². The van der Waals surface area contributed by atoms with Gasteiger partial charge in [0.05, 0.1) is 6.54 Å². The molecule has 1 fully saturated rings. The Bertz CT molecular complexity index is 527. The van der Waals surface area contributed by atoms with E-state index in [2.05, 4.69) is 17.2 Å². The number of pyridine rings is 1. The predicted octanol–water partition coefficient (Wildman–Crippen LogP) is 2.06. The summed E-state index contributed by atoms with van der Waals surface area (Å²) in [6.07, 6.45) is 4.66. The molecule has 0 unspecified atom stereocenters. The van der Waals surface area contributed by atoms with Crippen molar-refractivity contribution in [1.29, 1.82) is 0 Å². The van der Waals surface area contributed by atoms with Crippen LogP contribution in [0.25, 0.3) is 0 Å². The molecule has 6 nitrogen and oxygen atoms in total. The van der Waals surface area contributed by atoms with Crippen LogP contribution in [0.5, 0.6) is 5.75 Å². The van der Waals surface area contributed by atoms with Crippen molar-refractivity contribution in [2.75, 3.05) is 44.9 Å². The zero-order valence-corrected chi connectivity index (χ0v) is 15.1. The number of likely N-dealkylation sites (tertiary alicyclic amines) is 1. The van der Waals surface area contributed by atoms with Crippen molar-refractivity contribution in [3.8, 4) is 5.75 Å². The van der Waals surface area contributed by atoms with E-state index in [0.717, 1.165) is 24.5 Å². The molecule has 1 saturated heterocycles. The number of rotatable bonds is 6. The van der Waals surface area contributed by atoms with Crippen molar-refractivity contribution in [1.82, 2.24) is 15.2 Å². The largest absolute Gasteiger partial charge is 0.485 e. The molecule has 0 radical (unpaired) electrons. The Balaban J connectivity index is 1.87.